The van der Waals surface area contributed by atoms with E-state index in [1.54, 1.807) is 6.07 Å². The van der Waals surface area contributed by atoms with Gasteiger partial charge in [-0.2, -0.15) is 0 Å². The van der Waals surface area contributed by atoms with Gasteiger partial charge < -0.3 is 15.9 Å². The molecule has 0 aromatic heterocycles. The summed E-state index contributed by atoms with van der Waals surface area (Å²) >= 11 is 0. The molecule has 74 valence electrons. The van der Waals surface area contributed by atoms with E-state index in [1.165, 1.54) is 12.1 Å². The van der Waals surface area contributed by atoms with Crippen LogP contribution in [0, 0.1) is 0 Å². The van der Waals surface area contributed by atoms with Crippen LogP contribution in [-0.4, -0.2) is 16.8 Å². The van der Waals surface area contributed by atoms with Gasteiger partial charge in [0.2, 0.25) is 0 Å². The number of phenols is 2. The fraction of sp³-hybridized carbons (Fsp3) is 0.400. The summed E-state index contributed by atoms with van der Waals surface area (Å²) < 4.78 is 0. The van der Waals surface area contributed by atoms with Crippen molar-refractivity contribution in [3.05, 3.63) is 23.8 Å². The van der Waals surface area contributed by atoms with E-state index in [0.717, 1.165) is 5.56 Å². The summed E-state index contributed by atoms with van der Waals surface area (Å²) in [6.45, 7) is 4.55. The molecule has 0 saturated heterocycles. The summed E-state index contributed by atoms with van der Waals surface area (Å²) in [6.07, 6.45) is 0.716. The molecule has 0 radical (unpaired) electrons. The third kappa shape index (κ3) is 3.80. The van der Waals surface area contributed by atoms with E-state index < -0.39 is 0 Å². The van der Waals surface area contributed by atoms with E-state index >= 15 is 0 Å². The van der Waals surface area contributed by atoms with E-state index in [4.69, 9.17) is 15.9 Å². The van der Waals surface area contributed by atoms with Crippen LogP contribution >= 0.6 is 0 Å². The molecule has 0 unspecified atom stereocenters. The normalized spacial score (nSPS) is 8.85. The molecule has 0 heterocycles. The van der Waals surface area contributed by atoms with Crippen LogP contribution in [0.15, 0.2) is 18.2 Å². The van der Waals surface area contributed by atoms with Crippen molar-refractivity contribution in [2.45, 2.75) is 20.3 Å². The molecule has 1 aromatic carbocycles. The van der Waals surface area contributed by atoms with Gasteiger partial charge in [-0.15, -0.1) is 0 Å². The number of phenolic OH excluding ortho intramolecular Hbond substituents is 2. The van der Waals surface area contributed by atoms with E-state index in [2.05, 4.69) is 0 Å². The van der Waals surface area contributed by atoms with Crippen LogP contribution in [0.5, 0.6) is 11.5 Å². The van der Waals surface area contributed by atoms with Crippen LogP contribution in [0.1, 0.15) is 19.4 Å². The maximum absolute atomic E-state index is 9.04. The minimum Gasteiger partial charge on any atom is -0.504 e. The van der Waals surface area contributed by atoms with Crippen LogP contribution in [0.4, 0.5) is 0 Å². The molecule has 3 heteroatoms. The number of nitrogens with two attached hydrogens (primary N) is 1. The van der Waals surface area contributed by atoms with Gasteiger partial charge in [-0.05, 0) is 30.7 Å². The standard InChI is InChI=1S/C8H11NO2.C2H6/c9-4-3-6-1-2-7(10)8(11)5-6;1-2/h1-2,5,10-11H,3-4,9H2;1-2H3. The summed E-state index contributed by atoms with van der Waals surface area (Å²) in [4.78, 5) is 0. The van der Waals surface area contributed by atoms with Gasteiger partial charge in [-0.1, -0.05) is 19.9 Å². The van der Waals surface area contributed by atoms with Gasteiger partial charge in [0.05, 0.1) is 0 Å². The van der Waals surface area contributed by atoms with Crippen molar-refractivity contribution in [3.63, 3.8) is 0 Å². The summed E-state index contributed by atoms with van der Waals surface area (Å²) in [5.74, 6) is -0.179. The zero-order chi connectivity index (χ0) is 10.3. The molecular weight excluding hydrogens is 166 g/mol. The van der Waals surface area contributed by atoms with E-state index in [9.17, 15) is 0 Å². The van der Waals surface area contributed by atoms with Crippen LogP contribution in [0.2, 0.25) is 0 Å². The quantitative estimate of drug-likeness (QED) is 0.610. The van der Waals surface area contributed by atoms with Crippen molar-refractivity contribution >= 4 is 0 Å². The molecule has 3 nitrogen and oxygen atoms in total. The highest BCUT2D eigenvalue weighted by Crippen LogP contribution is 2.24. The zero-order valence-corrected chi connectivity index (χ0v) is 8.12. The number of hydrogen-bond acceptors (Lipinski definition) is 3. The van der Waals surface area contributed by atoms with Gasteiger partial charge in [-0.3, -0.25) is 0 Å². The lowest BCUT2D eigenvalue weighted by Crippen LogP contribution is -2.02. The van der Waals surface area contributed by atoms with Gasteiger partial charge in [0.25, 0.3) is 0 Å². The van der Waals surface area contributed by atoms with Crippen LogP contribution in [0.25, 0.3) is 0 Å². The Kier molecular flexibility index (Phi) is 5.72. The predicted molar refractivity (Wildman–Crippen MR) is 53.9 cm³/mol. The third-order valence-electron chi connectivity index (χ3n) is 1.47. The second-order valence-electron chi connectivity index (χ2n) is 2.36. The third-order valence-corrected chi connectivity index (χ3v) is 1.47. The Bertz CT molecular complexity index is 249. The molecule has 0 aliphatic rings. The molecule has 0 aliphatic carbocycles. The summed E-state index contributed by atoms with van der Waals surface area (Å²) in [6, 6.07) is 4.71. The molecule has 0 aliphatic heterocycles. The second kappa shape index (κ2) is 6.31. The van der Waals surface area contributed by atoms with Gasteiger partial charge in [0.1, 0.15) is 0 Å². The fourth-order valence-corrected chi connectivity index (χ4v) is 0.891. The maximum atomic E-state index is 9.04. The smallest absolute Gasteiger partial charge is 0.157 e. The van der Waals surface area contributed by atoms with Crippen molar-refractivity contribution in [2.24, 2.45) is 5.73 Å². The first kappa shape index (κ1) is 11.8. The zero-order valence-electron chi connectivity index (χ0n) is 8.12. The van der Waals surface area contributed by atoms with Crippen LogP contribution in [-0.2, 0) is 6.42 Å². The average molecular weight is 183 g/mol. The van der Waals surface area contributed by atoms with E-state index in [0.29, 0.717) is 13.0 Å². The molecule has 0 saturated carbocycles. The lowest BCUT2D eigenvalue weighted by atomic mass is 10.1. The van der Waals surface area contributed by atoms with Gasteiger partial charge in [0.15, 0.2) is 11.5 Å². The Morgan fingerprint density at radius 1 is 1.15 bits per heavy atom. The first-order chi connectivity index (χ1) is 6.24. The number of hydrogen-bond donors (Lipinski definition) is 3. The molecule has 0 bridgehead atoms. The van der Waals surface area contributed by atoms with Gasteiger partial charge in [0, 0.05) is 0 Å². The molecular formula is C10H17NO2. The van der Waals surface area contributed by atoms with Gasteiger partial charge >= 0.3 is 0 Å². The largest absolute Gasteiger partial charge is 0.504 e. The highest BCUT2D eigenvalue weighted by Gasteiger charge is 1.98. The van der Waals surface area contributed by atoms with Gasteiger partial charge in [-0.25, -0.2) is 0 Å². The van der Waals surface area contributed by atoms with Crippen molar-refractivity contribution in [3.8, 4) is 11.5 Å². The SMILES string of the molecule is CC.NCCc1ccc(O)c(O)c1. The Morgan fingerprint density at radius 2 is 1.77 bits per heavy atom. The van der Waals surface area contributed by atoms with Crippen LogP contribution < -0.4 is 5.73 Å². The predicted octanol–water partition coefficient (Wildman–Crippen LogP) is 1.63. The number of benzene rings is 1. The lowest BCUT2D eigenvalue weighted by Gasteiger charge is -2.00. The lowest BCUT2D eigenvalue weighted by molar-refractivity contribution is 0.403. The topological polar surface area (TPSA) is 66.5 Å². The summed E-state index contributed by atoms with van der Waals surface area (Å²) in [5, 5.41) is 18.0. The molecule has 13 heavy (non-hydrogen) atoms. The van der Waals surface area contributed by atoms with E-state index in [-0.39, 0.29) is 11.5 Å². The summed E-state index contributed by atoms with van der Waals surface area (Å²) in [5.41, 5.74) is 6.24. The molecule has 0 spiro atoms. The Hall–Kier alpha value is -1.22. The first-order valence-corrected chi connectivity index (χ1v) is 4.45. The van der Waals surface area contributed by atoms with Crippen LogP contribution in [0.3, 0.4) is 0 Å². The summed E-state index contributed by atoms with van der Waals surface area (Å²) in [7, 11) is 0. The molecule has 4 N–H and O–H groups in total. The van der Waals surface area contributed by atoms with Crippen molar-refractivity contribution in [2.75, 3.05) is 6.54 Å². The molecule has 0 fully saturated rings. The maximum Gasteiger partial charge on any atom is 0.157 e. The number of aromatic hydroxyl groups is 2. The Morgan fingerprint density at radius 3 is 2.23 bits per heavy atom. The van der Waals surface area contributed by atoms with Crippen molar-refractivity contribution in [1.29, 1.82) is 0 Å². The first-order valence-electron chi connectivity index (χ1n) is 4.45. The van der Waals surface area contributed by atoms with Crippen molar-refractivity contribution < 1.29 is 10.2 Å². The molecule has 1 aromatic rings. The molecule has 1 rings (SSSR count). The second-order valence-corrected chi connectivity index (χ2v) is 2.36. The Labute approximate surface area is 78.8 Å². The number of rotatable bonds is 2. The Balaban J connectivity index is 0.000000671. The molecule has 0 amide bonds. The van der Waals surface area contributed by atoms with E-state index in [1.807, 2.05) is 13.8 Å². The average Bonchev–Trinajstić information content (AvgIpc) is 2.15. The fourth-order valence-electron chi connectivity index (χ4n) is 0.891. The minimum atomic E-state index is -0.0919. The highest BCUT2D eigenvalue weighted by molar-refractivity contribution is 5.40. The monoisotopic (exact) mass is 183 g/mol. The van der Waals surface area contributed by atoms with Crippen molar-refractivity contribution in [1.82, 2.24) is 0 Å². The highest BCUT2D eigenvalue weighted by atomic mass is 16.3. The minimum absolute atomic E-state index is 0.0871. The molecule has 0 atom stereocenters.